The highest BCUT2D eigenvalue weighted by molar-refractivity contribution is 5.76. The van der Waals surface area contributed by atoms with E-state index in [2.05, 4.69) is 43.5 Å². The zero-order chi connectivity index (χ0) is 54.3. The van der Waals surface area contributed by atoms with Gasteiger partial charge in [-0.05, 0) is 83.5 Å². The highest BCUT2D eigenvalue weighted by Gasteiger charge is 2.18. The van der Waals surface area contributed by atoms with Crippen LogP contribution in [0.5, 0.6) is 0 Å². The topological polar surface area (TPSA) is 95.9 Å². The normalized spacial score (nSPS) is 12.7. The largest absolute Gasteiger partial charge is 0.466 e. The molecule has 0 aliphatic heterocycles. The van der Waals surface area contributed by atoms with Crippen molar-refractivity contribution in [2.45, 2.75) is 379 Å². The highest BCUT2D eigenvalue weighted by Crippen LogP contribution is 2.18. The SMILES string of the molecule is CCCCCCCC/C=C\CCCCCCCCCCCC(=O)OCCCCCCCCCCC/C=C\CCCCCCCC(=O)NC(CO)C(O)/C=C/CCCCCCCCCCCCCCCCCCCCC. The summed E-state index contributed by atoms with van der Waals surface area (Å²) in [6, 6.07) is -0.640. The van der Waals surface area contributed by atoms with Gasteiger partial charge in [0.1, 0.15) is 0 Å². The van der Waals surface area contributed by atoms with Crippen LogP contribution in [0.1, 0.15) is 367 Å². The van der Waals surface area contributed by atoms with Gasteiger partial charge in [0.05, 0.1) is 25.4 Å². The lowest BCUT2D eigenvalue weighted by Gasteiger charge is -2.20. The molecule has 2 unspecified atom stereocenters. The van der Waals surface area contributed by atoms with Crippen molar-refractivity contribution in [1.29, 1.82) is 0 Å². The molecule has 0 fully saturated rings. The van der Waals surface area contributed by atoms with E-state index in [1.165, 1.54) is 283 Å². The minimum atomic E-state index is -0.855. The van der Waals surface area contributed by atoms with Gasteiger partial charge in [-0.2, -0.15) is 0 Å². The van der Waals surface area contributed by atoms with Gasteiger partial charge in [-0.15, -0.1) is 0 Å². The number of unbranched alkanes of at least 4 members (excludes halogenated alkanes) is 48. The van der Waals surface area contributed by atoms with Crippen LogP contribution in [0.2, 0.25) is 0 Å². The Balaban J connectivity index is 3.46. The Hall–Kier alpha value is -1.92. The van der Waals surface area contributed by atoms with Crippen LogP contribution < -0.4 is 5.32 Å². The molecule has 0 saturated heterocycles. The standard InChI is InChI=1S/C69H131NO5/c1-3-5-7-9-11-13-15-17-19-21-23-24-26-29-33-37-41-45-49-53-57-61-67(72)66(65-71)70-68(73)62-58-54-50-46-42-38-34-30-27-28-32-36-40-44-48-52-56-60-64-75-69(74)63-59-55-51-47-43-39-35-31-25-22-20-18-16-14-12-10-8-6-4-2/h18,20,30,34,57,61,66-67,71-72H,3-17,19,21-29,31-33,35-56,58-60,62-65H2,1-2H3,(H,70,73)/b20-18-,34-30-,61-57+. The lowest BCUT2D eigenvalue weighted by Crippen LogP contribution is -2.45. The van der Waals surface area contributed by atoms with Crippen molar-refractivity contribution in [2.75, 3.05) is 13.2 Å². The van der Waals surface area contributed by atoms with Gasteiger partial charge < -0.3 is 20.3 Å². The second-order valence-corrected chi connectivity index (χ2v) is 23.1. The first-order chi connectivity index (χ1) is 37.0. The van der Waals surface area contributed by atoms with Gasteiger partial charge in [0.2, 0.25) is 5.91 Å². The average Bonchev–Trinajstić information content (AvgIpc) is 3.41. The van der Waals surface area contributed by atoms with Gasteiger partial charge in [-0.3, -0.25) is 9.59 Å². The van der Waals surface area contributed by atoms with Gasteiger partial charge in [0.15, 0.2) is 0 Å². The Labute approximate surface area is 468 Å². The Morgan fingerprint density at radius 2 is 0.627 bits per heavy atom. The fraction of sp³-hybridized carbons (Fsp3) is 0.884. The van der Waals surface area contributed by atoms with Crippen molar-refractivity contribution in [2.24, 2.45) is 0 Å². The summed E-state index contributed by atoms with van der Waals surface area (Å²) < 4.78 is 5.50. The Morgan fingerprint density at radius 3 is 0.947 bits per heavy atom. The number of hydrogen-bond donors (Lipinski definition) is 3. The molecule has 2 atom stereocenters. The van der Waals surface area contributed by atoms with Gasteiger partial charge in [0.25, 0.3) is 0 Å². The number of aliphatic hydroxyl groups excluding tert-OH is 2. The summed E-state index contributed by atoms with van der Waals surface area (Å²) in [5, 5.41) is 23.2. The van der Waals surface area contributed by atoms with E-state index >= 15 is 0 Å². The van der Waals surface area contributed by atoms with Crippen molar-refractivity contribution in [3.05, 3.63) is 36.5 Å². The average molecular weight is 1050 g/mol. The van der Waals surface area contributed by atoms with Crippen LogP contribution in [0, 0.1) is 0 Å². The molecular formula is C69H131NO5. The number of hydrogen-bond acceptors (Lipinski definition) is 5. The lowest BCUT2D eigenvalue weighted by molar-refractivity contribution is -0.143. The second-order valence-electron chi connectivity index (χ2n) is 23.1. The summed E-state index contributed by atoms with van der Waals surface area (Å²) in [6.07, 6.45) is 82.0. The molecule has 6 heteroatoms. The molecule has 0 aromatic heterocycles. The maximum Gasteiger partial charge on any atom is 0.305 e. The van der Waals surface area contributed by atoms with Gasteiger partial charge >= 0.3 is 5.97 Å². The number of nitrogens with one attached hydrogen (secondary N) is 1. The van der Waals surface area contributed by atoms with Crippen LogP contribution in [-0.2, 0) is 14.3 Å². The molecule has 1 amide bonds. The van der Waals surface area contributed by atoms with Crippen molar-refractivity contribution < 1.29 is 24.5 Å². The number of rotatable bonds is 63. The van der Waals surface area contributed by atoms with E-state index in [1.807, 2.05) is 6.08 Å². The van der Waals surface area contributed by atoms with Crippen LogP contribution in [-0.4, -0.2) is 47.4 Å². The van der Waals surface area contributed by atoms with Crippen LogP contribution in [0.15, 0.2) is 36.5 Å². The van der Waals surface area contributed by atoms with E-state index in [4.69, 9.17) is 4.74 Å². The zero-order valence-corrected chi connectivity index (χ0v) is 50.5. The van der Waals surface area contributed by atoms with Crippen molar-refractivity contribution in [3.63, 3.8) is 0 Å². The molecule has 0 aromatic carbocycles. The lowest BCUT2D eigenvalue weighted by atomic mass is 10.0. The highest BCUT2D eigenvalue weighted by atomic mass is 16.5. The summed E-state index contributed by atoms with van der Waals surface area (Å²) in [5.41, 5.74) is 0. The summed E-state index contributed by atoms with van der Waals surface area (Å²) in [4.78, 5) is 24.6. The van der Waals surface area contributed by atoms with Crippen molar-refractivity contribution >= 4 is 11.9 Å². The molecule has 3 N–H and O–H groups in total. The summed E-state index contributed by atoms with van der Waals surface area (Å²) in [6.45, 7) is 4.91. The molecule has 0 rings (SSSR count). The Morgan fingerprint density at radius 1 is 0.360 bits per heavy atom. The predicted octanol–water partition coefficient (Wildman–Crippen LogP) is 21.5. The Kier molecular flexibility index (Phi) is 63.0. The molecule has 0 aliphatic carbocycles. The van der Waals surface area contributed by atoms with Gasteiger partial charge in [0, 0.05) is 12.8 Å². The molecule has 0 aromatic rings. The monoisotopic (exact) mass is 1050 g/mol. The zero-order valence-electron chi connectivity index (χ0n) is 50.5. The molecule has 0 radical (unpaired) electrons. The van der Waals surface area contributed by atoms with E-state index < -0.39 is 12.1 Å². The summed E-state index contributed by atoms with van der Waals surface area (Å²) >= 11 is 0. The molecular weight excluding hydrogens is 923 g/mol. The third-order valence-corrected chi connectivity index (χ3v) is 15.6. The van der Waals surface area contributed by atoms with E-state index in [-0.39, 0.29) is 18.5 Å². The minimum Gasteiger partial charge on any atom is -0.466 e. The Bertz CT molecular complexity index is 1210. The first kappa shape index (κ1) is 73.1. The number of esters is 1. The molecule has 0 spiro atoms. The van der Waals surface area contributed by atoms with Crippen LogP contribution in [0.25, 0.3) is 0 Å². The predicted molar refractivity (Wildman–Crippen MR) is 329 cm³/mol. The molecule has 75 heavy (non-hydrogen) atoms. The van der Waals surface area contributed by atoms with E-state index in [0.717, 1.165) is 57.8 Å². The number of aliphatic hydroxyl groups is 2. The fourth-order valence-electron chi connectivity index (χ4n) is 10.4. The number of allylic oxidation sites excluding steroid dienone is 5. The third kappa shape index (κ3) is 61.2. The number of ether oxygens (including phenoxy) is 1. The van der Waals surface area contributed by atoms with E-state index in [9.17, 15) is 19.8 Å². The number of carbonyl (C=O) groups excluding carboxylic acids is 2. The molecule has 0 heterocycles. The van der Waals surface area contributed by atoms with Crippen LogP contribution in [0.3, 0.4) is 0 Å². The first-order valence-corrected chi connectivity index (χ1v) is 33.8. The maximum atomic E-state index is 12.5. The quantitative estimate of drug-likeness (QED) is 0.0320. The molecule has 6 nitrogen and oxygen atoms in total. The van der Waals surface area contributed by atoms with Crippen LogP contribution >= 0.6 is 0 Å². The molecule has 0 bridgehead atoms. The van der Waals surface area contributed by atoms with Gasteiger partial charge in [-0.25, -0.2) is 0 Å². The van der Waals surface area contributed by atoms with E-state index in [0.29, 0.717) is 19.4 Å². The first-order valence-electron chi connectivity index (χ1n) is 33.8. The third-order valence-electron chi connectivity index (χ3n) is 15.6. The number of amides is 1. The second kappa shape index (κ2) is 64.6. The maximum absolute atomic E-state index is 12.5. The fourth-order valence-corrected chi connectivity index (χ4v) is 10.4. The van der Waals surface area contributed by atoms with Gasteiger partial charge in [-0.1, -0.05) is 307 Å². The minimum absolute atomic E-state index is 0.00225. The smallest absolute Gasteiger partial charge is 0.305 e. The van der Waals surface area contributed by atoms with Crippen molar-refractivity contribution in [1.82, 2.24) is 5.32 Å². The van der Waals surface area contributed by atoms with Crippen molar-refractivity contribution in [3.8, 4) is 0 Å². The summed E-state index contributed by atoms with van der Waals surface area (Å²) in [7, 11) is 0. The summed E-state index contributed by atoms with van der Waals surface area (Å²) in [5.74, 6) is -0.0771. The van der Waals surface area contributed by atoms with Crippen LogP contribution in [0.4, 0.5) is 0 Å². The number of carbonyl (C=O) groups is 2. The van der Waals surface area contributed by atoms with E-state index in [1.54, 1.807) is 6.08 Å². The molecule has 442 valence electrons. The molecule has 0 aliphatic rings. The molecule has 0 saturated carbocycles.